The van der Waals surface area contributed by atoms with Crippen LogP contribution in [0.2, 0.25) is 0 Å². The average Bonchev–Trinajstić information content (AvgIpc) is 2.54. The zero-order valence-corrected chi connectivity index (χ0v) is 11.4. The first-order valence-electron chi connectivity index (χ1n) is 6.53. The summed E-state index contributed by atoms with van der Waals surface area (Å²) in [4.78, 5) is 11.9. The van der Waals surface area contributed by atoms with Crippen LogP contribution in [0.1, 0.15) is 27.9 Å². The summed E-state index contributed by atoms with van der Waals surface area (Å²) in [5.74, 6) is 5.64. The molecule has 1 amide bonds. The molecule has 5 nitrogen and oxygen atoms in total. The summed E-state index contributed by atoms with van der Waals surface area (Å²) in [7, 11) is 0. The molecular formula is C16H15N3O2. The molecule has 2 N–H and O–H groups in total. The van der Waals surface area contributed by atoms with E-state index in [9.17, 15) is 4.79 Å². The maximum Gasteiger partial charge on any atom is 0.253 e. The van der Waals surface area contributed by atoms with Crippen LogP contribution in [0.3, 0.4) is 0 Å². The number of aliphatic hydroxyl groups is 1. The molecule has 0 atom stereocenters. The number of carbonyl (C=O) groups is 1. The molecular weight excluding hydrogens is 266 g/mol. The summed E-state index contributed by atoms with van der Waals surface area (Å²) in [6.07, 6.45) is 3.36. The Hall–Kier alpha value is -2.71. The topological polar surface area (TPSA) is 75.1 Å². The molecule has 0 unspecified atom stereocenters. The monoisotopic (exact) mass is 281 g/mol. The lowest BCUT2D eigenvalue weighted by atomic mass is 10.1. The van der Waals surface area contributed by atoms with Crippen LogP contribution in [0.5, 0.6) is 0 Å². The van der Waals surface area contributed by atoms with E-state index >= 15 is 0 Å². The fourth-order valence-corrected chi connectivity index (χ4v) is 1.69. The Morgan fingerprint density at radius 1 is 1.29 bits per heavy atom. The molecule has 0 radical (unpaired) electrons. The molecule has 0 bridgehead atoms. The molecule has 0 aliphatic carbocycles. The molecule has 21 heavy (non-hydrogen) atoms. The van der Waals surface area contributed by atoms with E-state index in [1.54, 1.807) is 6.07 Å². The Morgan fingerprint density at radius 2 is 2.19 bits per heavy atom. The van der Waals surface area contributed by atoms with Gasteiger partial charge in [-0.15, -0.1) is 0 Å². The number of nitrogens with one attached hydrogen (secondary N) is 1. The standard InChI is InChI=1S/C16H15N3O2/c20-9-2-1-4-13-5-3-6-14(10-13)11-17-16(21)15-7-8-18-19-12-15/h3,5-8,10,12,20H,2,9,11H2,(H,17,21). The number of aliphatic hydroxyl groups excluding tert-OH is 1. The first kappa shape index (κ1) is 14.7. The van der Waals surface area contributed by atoms with Gasteiger partial charge < -0.3 is 10.4 Å². The Balaban J connectivity index is 1.96. The number of nitrogens with zero attached hydrogens (tertiary/aromatic N) is 2. The number of rotatable bonds is 4. The van der Waals surface area contributed by atoms with Crippen LogP contribution in [-0.4, -0.2) is 27.8 Å². The fourth-order valence-electron chi connectivity index (χ4n) is 1.69. The van der Waals surface area contributed by atoms with Gasteiger partial charge in [-0.2, -0.15) is 10.2 Å². The van der Waals surface area contributed by atoms with E-state index in [1.165, 1.54) is 12.4 Å². The third kappa shape index (κ3) is 4.71. The zero-order valence-electron chi connectivity index (χ0n) is 11.4. The van der Waals surface area contributed by atoms with Crippen molar-refractivity contribution in [1.29, 1.82) is 0 Å². The first-order valence-corrected chi connectivity index (χ1v) is 6.53. The van der Waals surface area contributed by atoms with Gasteiger partial charge in [0.15, 0.2) is 0 Å². The fraction of sp³-hybridized carbons (Fsp3) is 0.188. The van der Waals surface area contributed by atoms with Crippen LogP contribution in [0.4, 0.5) is 0 Å². The Labute approximate surface area is 123 Å². The number of hydrogen-bond acceptors (Lipinski definition) is 4. The van der Waals surface area contributed by atoms with Gasteiger partial charge in [-0.3, -0.25) is 4.79 Å². The van der Waals surface area contributed by atoms with Crippen LogP contribution in [0, 0.1) is 11.8 Å². The first-order chi connectivity index (χ1) is 10.3. The van der Waals surface area contributed by atoms with E-state index in [0.717, 1.165) is 11.1 Å². The molecule has 2 aromatic rings. The largest absolute Gasteiger partial charge is 0.395 e. The highest BCUT2D eigenvalue weighted by Gasteiger charge is 2.04. The second-order valence-electron chi connectivity index (χ2n) is 4.29. The van der Waals surface area contributed by atoms with Crippen molar-refractivity contribution in [2.45, 2.75) is 13.0 Å². The summed E-state index contributed by atoms with van der Waals surface area (Å²) >= 11 is 0. The highest BCUT2D eigenvalue weighted by Crippen LogP contribution is 2.04. The Kier molecular flexibility index (Phi) is 5.44. The van der Waals surface area contributed by atoms with Crippen LogP contribution in [-0.2, 0) is 6.54 Å². The van der Waals surface area contributed by atoms with Gasteiger partial charge in [-0.1, -0.05) is 24.0 Å². The molecule has 2 rings (SSSR count). The predicted octanol–water partition coefficient (Wildman–Crippen LogP) is 1.14. The van der Waals surface area contributed by atoms with E-state index in [0.29, 0.717) is 18.5 Å². The average molecular weight is 281 g/mol. The molecule has 1 aromatic carbocycles. The van der Waals surface area contributed by atoms with Crippen molar-refractivity contribution in [1.82, 2.24) is 15.5 Å². The van der Waals surface area contributed by atoms with Crippen molar-refractivity contribution in [3.8, 4) is 11.8 Å². The molecule has 0 saturated heterocycles. The Bertz CT molecular complexity index is 660. The number of benzene rings is 1. The normalized spacial score (nSPS) is 9.57. The van der Waals surface area contributed by atoms with Gasteiger partial charge in [0, 0.05) is 18.5 Å². The third-order valence-electron chi connectivity index (χ3n) is 2.70. The molecule has 1 heterocycles. The van der Waals surface area contributed by atoms with Gasteiger partial charge in [0.2, 0.25) is 0 Å². The van der Waals surface area contributed by atoms with E-state index in [4.69, 9.17) is 5.11 Å². The SMILES string of the molecule is O=C(NCc1cccc(C#CCCO)c1)c1ccnnc1. The smallest absolute Gasteiger partial charge is 0.253 e. The minimum absolute atomic E-state index is 0.0583. The van der Waals surface area contributed by atoms with Crippen molar-refractivity contribution in [2.24, 2.45) is 0 Å². The highest BCUT2D eigenvalue weighted by atomic mass is 16.2. The molecule has 5 heteroatoms. The minimum Gasteiger partial charge on any atom is -0.395 e. The quantitative estimate of drug-likeness (QED) is 0.824. The number of hydrogen-bond donors (Lipinski definition) is 2. The van der Waals surface area contributed by atoms with Crippen LogP contribution in [0.15, 0.2) is 42.7 Å². The van der Waals surface area contributed by atoms with Crippen molar-refractivity contribution < 1.29 is 9.90 Å². The number of aromatic nitrogens is 2. The lowest BCUT2D eigenvalue weighted by molar-refractivity contribution is 0.0950. The molecule has 0 fully saturated rings. The molecule has 0 aliphatic rings. The van der Waals surface area contributed by atoms with Crippen molar-refractivity contribution >= 4 is 5.91 Å². The van der Waals surface area contributed by atoms with Crippen molar-refractivity contribution in [3.05, 3.63) is 59.4 Å². The van der Waals surface area contributed by atoms with Crippen LogP contribution in [0.25, 0.3) is 0 Å². The van der Waals surface area contributed by atoms with E-state index in [2.05, 4.69) is 27.4 Å². The second-order valence-corrected chi connectivity index (χ2v) is 4.29. The van der Waals surface area contributed by atoms with Crippen molar-refractivity contribution in [3.63, 3.8) is 0 Å². The van der Waals surface area contributed by atoms with E-state index < -0.39 is 0 Å². The Morgan fingerprint density at radius 3 is 2.95 bits per heavy atom. The van der Waals surface area contributed by atoms with Gasteiger partial charge in [0.25, 0.3) is 5.91 Å². The number of carbonyl (C=O) groups excluding carboxylic acids is 1. The summed E-state index contributed by atoms with van der Waals surface area (Å²) in [5.41, 5.74) is 2.30. The van der Waals surface area contributed by atoms with Crippen LogP contribution < -0.4 is 5.32 Å². The molecule has 1 aromatic heterocycles. The maximum atomic E-state index is 11.9. The third-order valence-corrected chi connectivity index (χ3v) is 2.70. The summed E-state index contributed by atoms with van der Waals surface area (Å²) in [5, 5.41) is 18.8. The van der Waals surface area contributed by atoms with Gasteiger partial charge in [0.1, 0.15) is 0 Å². The summed E-state index contributed by atoms with van der Waals surface area (Å²) in [6.45, 7) is 0.472. The van der Waals surface area contributed by atoms with Gasteiger partial charge in [-0.05, 0) is 23.8 Å². The maximum absolute atomic E-state index is 11.9. The predicted molar refractivity (Wildman–Crippen MR) is 78.2 cm³/mol. The van der Waals surface area contributed by atoms with Gasteiger partial charge in [-0.25, -0.2) is 0 Å². The second kappa shape index (κ2) is 7.78. The zero-order chi connectivity index (χ0) is 14.9. The van der Waals surface area contributed by atoms with E-state index in [-0.39, 0.29) is 12.5 Å². The molecule has 106 valence electrons. The summed E-state index contributed by atoms with van der Waals surface area (Å²) < 4.78 is 0. The van der Waals surface area contributed by atoms with Gasteiger partial charge in [0.05, 0.1) is 24.6 Å². The van der Waals surface area contributed by atoms with Gasteiger partial charge >= 0.3 is 0 Å². The van der Waals surface area contributed by atoms with Crippen molar-refractivity contribution in [2.75, 3.05) is 6.61 Å². The lowest BCUT2D eigenvalue weighted by Gasteiger charge is -2.05. The van der Waals surface area contributed by atoms with E-state index in [1.807, 2.05) is 24.3 Å². The minimum atomic E-state index is -0.193. The van der Waals surface area contributed by atoms with Crippen LogP contribution >= 0.6 is 0 Å². The summed E-state index contributed by atoms with van der Waals surface area (Å²) in [6, 6.07) is 9.22. The highest BCUT2D eigenvalue weighted by molar-refractivity contribution is 5.93. The lowest BCUT2D eigenvalue weighted by Crippen LogP contribution is -2.22. The molecule has 0 aliphatic heterocycles. The molecule has 0 spiro atoms. The number of amides is 1. The molecule has 0 saturated carbocycles.